The lowest BCUT2D eigenvalue weighted by Gasteiger charge is -2.43. The first-order chi connectivity index (χ1) is 23.5. The molecule has 7 rings (SSSR count). The van der Waals surface area contributed by atoms with Gasteiger partial charge in [0, 0.05) is 18.0 Å². The number of hydrogen-bond donors (Lipinski definition) is 1. The number of aliphatic hydroxyl groups excluding tert-OH is 1. The maximum Gasteiger partial charge on any atom is 0.261 e. The number of amides is 2. The van der Waals surface area contributed by atoms with Crippen molar-refractivity contribution in [2.45, 2.75) is 70.7 Å². The Morgan fingerprint density at radius 2 is 1.33 bits per heavy atom. The Morgan fingerprint density at radius 3 is 2.02 bits per heavy atom. The zero-order chi connectivity index (χ0) is 33.0. The van der Waals surface area contributed by atoms with Crippen molar-refractivity contribution < 1.29 is 24.2 Å². The van der Waals surface area contributed by atoms with Crippen LogP contribution in [0.1, 0.15) is 94.4 Å². The minimum absolute atomic E-state index is 0.0109. The first-order valence-corrected chi connectivity index (χ1v) is 17.4. The summed E-state index contributed by atoms with van der Waals surface area (Å²) in [5, 5.41) is 9.63. The third-order valence-electron chi connectivity index (χ3n) is 10.1. The molecule has 7 heteroatoms. The predicted molar refractivity (Wildman–Crippen MR) is 185 cm³/mol. The topological polar surface area (TPSA) is 79.3 Å². The minimum Gasteiger partial charge on any atom is -0.392 e. The van der Waals surface area contributed by atoms with Crippen LogP contribution in [-0.2, 0) is 22.6 Å². The van der Waals surface area contributed by atoms with Gasteiger partial charge < -0.3 is 19.5 Å². The maximum atomic E-state index is 13.0. The average Bonchev–Trinajstić information content (AvgIpc) is 3.35. The molecular formula is C41H44N2O5. The fourth-order valence-electron chi connectivity index (χ4n) is 7.36. The molecule has 0 aromatic heterocycles. The van der Waals surface area contributed by atoms with Crippen LogP contribution in [0.4, 0.5) is 0 Å². The van der Waals surface area contributed by atoms with Crippen LogP contribution in [0.15, 0.2) is 97.1 Å². The number of ether oxygens (including phenoxy) is 2. The highest BCUT2D eigenvalue weighted by Gasteiger charge is 2.39. The number of imide groups is 1. The molecule has 7 nitrogen and oxygen atoms in total. The van der Waals surface area contributed by atoms with Gasteiger partial charge in [0.15, 0.2) is 6.29 Å². The van der Waals surface area contributed by atoms with Crippen molar-refractivity contribution >= 4 is 11.8 Å². The molecule has 4 atom stereocenters. The van der Waals surface area contributed by atoms with E-state index in [1.807, 2.05) is 42.5 Å². The maximum absolute atomic E-state index is 13.0. The molecule has 2 amide bonds. The molecule has 3 heterocycles. The summed E-state index contributed by atoms with van der Waals surface area (Å²) >= 11 is 0. The summed E-state index contributed by atoms with van der Waals surface area (Å²) in [5.41, 5.74) is 6.70. The molecule has 4 aromatic carbocycles. The van der Waals surface area contributed by atoms with Crippen LogP contribution in [0.5, 0.6) is 0 Å². The van der Waals surface area contributed by atoms with Gasteiger partial charge in [0.2, 0.25) is 0 Å². The monoisotopic (exact) mass is 644 g/mol. The number of aliphatic hydroxyl groups is 1. The Morgan fingerprint density at radius 1 is 0.688 bits per heavy atom. The van der Waals surface area contributed by atoms with Gasteiger partial charge >= 0.3 is 0 Å². The number of hydrogen-bond acceptors (Lipinski definition) is 6. The minimum atomic E-state index is -0.551. The second-order valence-electron chi connectivity index (χ2n) is 13.5. The van der Waals surface area contributed by atoms with Crippen LogP contribution in [0.2, 0.25) is 0 Å². The van der Waals surface area contributed by atoms with Crippen LogP contribution in [0.25, 0.3) is 11.1 Å². The van der Waals surface area contributed by atoms with E-state index in [1.54, 1.807) is 24.3 Å². The molecule has 1 N–H and O–H groups in total. The summed E-state index contributed by atoms with van der Waals surface area (Å²) in [4.78, 5) is 29.9. The Bertz CT molecular complexity index is 1710. The van der Waals surface area contributed by atoms with Crippen molar-refractivity contribution in [1.82, 2.24) is 9.80 Å². The molecule has 3 aliphatic heterocycles. The summed E-state index contributed by atoms with van der Waals surface area (Å²) in [6.07, 6.45) is 5.62. The molecule has 3 aliphatic rings. The second-order valence-corrected chi connectivity index (χ2v) is 13.5. The molecule has 0 spiro atoms. The zero-order valence-corrected chi connectivity index (χ0v) is 27.6. The number of carbonyl (C=O) groups excluding carboxylic acids is 2. The molecule has 0 saturated carbocycles. The van der Waals surface area contributed by atoms with E-state index in [-0.39, 0.29) is 43.1 Å². The van der Waals surface area contributed by atoms with E-state index in [1.165, 1.54) is 37.0 Å². The quantitative estimate of drug-likeness (QED) is 0.198. The Balaban J connectivity index is 1.13. The highest BCUT2D eigenvalue weighted by atomic mass is 16.7. The average molecular weight is 645 g/mol. The molecular weight excluding hydrogens is 600 g/mol. The third kappa shape index (κ3) is 6.87. The molecule has 248 valence electrons. The van der Waals surface area contributed by atoms with Gasteiger partial charge in [-0.05, 0) is 78.0 Å². The van der Waals surface area contributed by atoms with Gasteiger partial charge in [-0.3, -0.25) is 14.5 Å². The Labute approximate surface area is 283 Å². The van der Waals surface area contributed by atoms with Crippen LogP contribution in [0.3, 0.4) is 0 Å². The molecule has 0 aliphatic carbocycles. The van der Waals surface area contributed by atoms with E-state index >= 15 is 0 Å². The summed E-state index contributed by atoms with van der Waals surface area (Å²) in [7, 11) is 0. The molecule has 0 unspecified atom stereocenters. The van der Waals surface area contributed by atoms with Gasteiger partial charge in [0.25, 0.3) is 11.8 Å². The van der Waals surface area contributed by atoms with Crippen LogP contribution in [0, 0.1) is 5.92 Å². The van der Waals surface area contributed by atoms with E-state index in [9.17, 15) is 14.7 Å². The molecule has 0 bridgehead atoms. The normalized spacial score (nSPS) is 23.5. The van der Waals surface area contributed by atoms with E-state index in [0.29, 0.717) is 11.1 Å². The predicted octanol–water partition coefficient (Wildman–Crippen LogP) is 7.70. The fourth-order valence-corrected chi connectivity index (χ4v) is 7.36. The summed E-state index contributed by atoms with van der Waals surface area (Å²) < 4.78 is 13.6. The molecule has 48 heavy (non-hydrogen) atoms. The lowest BCUT2D eigenvalue weighted by molar-refractivity contribution is -0.276. The highest BCUT2D eigenvalue weighted by Crippen LogP contribution is 2.42. The largest absolute Gasteiger partial charge is 0.392 e. The van der Waals surface area contributed by atoms with Crippen molar-refractivity contribution in [2.75, 3.05) is 19.6 Å². The van der Waals surface area contributed by atoms with Gasteiger partial charge in [-0.1, -0.05) is 99.0 Å². The SMILES string of the molecule is C[C@H]1[C@@H](CN2CCCCCCC2)O[C@@H](c2cccc(-c3cccc(CN4C(=O)c5ccccc5C4=O)c3)c2)O[C@H]1c1ccc(CO)cc1. The number of benzene rings is 4. The van der Waals surface area contributed by atoms with Crippen LogP contribution < -0.4 is 0 Å². The number of carbonyl (C=O) groups is 2. The van der Waals surface area contributed by atoms with E-state index in [2.05, 4.69) is 42.2 Å². The summed E-state index contributed by atoms with van der Waals surface area (Å²) in [6, 6.07) is 31.4. The van der Waals surface area contributed by atoms with Gasteiger partial charge in [0.1, 0.15) is 0 Å². The van der Waals surface area contributed by atoms with Gasteiger partial charge in [-0.15, -0.1) is 0 Å². The van der Waals surface area contributed by atoms with Crippen molar-refractivity contribution in [1.29, 1.82) is 0 Å². The second kappa shape index (κ2) is 14.5. The standard InChI is InChI=1S/C41H44N2O5/c1-28-37(26-42-21-7-3-2-4-8-22-42)47-41(48-38(28)31-19-17-29(27-44)18-20-31)34-14-10-13-33(24-34)32-12-9-11-30(23-32)25-43-39(45)35-15-5-6-16-36(35)40(43)46/h5-6,9-20,23-24,28,37-38,41,44H,2-4,7-8,21-22,25-27H2,1H3/t28-,37+,38+,41+/m0/s1. The van der Waals surface area contributed by atoms with E-state index in [0.717, 1.165) is 53.0 Å². The number of fused-ring (bicyclic) bond motifs is 1. The van der Waals surface area contributed by atoms with Crippen LogP contribution in [-0.4, -0.2) is 52.5 Å². The van der Waals surface area contributed by atoms with Crippen molar-refractivity contribution in [3.05, 3.63) is 130 Å². The number of likely N-dealkylation sites (tertiary alicyclic amines) is 1. The Kier molecular flexibility index (Phi) is 9.82. The molecule has 0 radical (unpaired) electrons. The first-order valence-electron chi connectivity index (χ1n) is 17.4. The summed E-state index contributed by atoms with van der Waals surface area (Å²) in [5.74, 6) is -0.377. The highest BCUT2D eigenvalue weighted by molar-refractivity contribution is 6.21. The van der Waals surface area contributed by atoms with Crippen molar-refractivity contribution in [2.24, 2.45) is 5.92 Å². The van der Waals surface area contributed by atoms with Crippen LogP contribution >= 0.6 is 0 Å². The van der Waals surface area contributed by atoms with Gasteiger partial charge in [-0.2, -0.15) is 0 Å². The number of nitrogens with zero attached hydrogens (tertiary/aromatic N) is 2. The van der Waals surface area contributed by atoms with E-state index < -0.39 is 6.29 Å². The lowest BCUT2D eigenvalue weighted by Crippen LogP contribution is -2.45. The fraction of sp³-hybridized carbons (Fsp3) is 0.366. The molecule has 4 aromatic rings. The lowest BCUT2D eigenvalue weighted by atomic mass is 9.89. The smallest absolute Gasteiger partial charge is 0.261 e. The van der Waals surface area contributed by atoms with Crippen molar-refractivity contribution in [3.8, 4) is 11.1 Å². The third-order valence-corrected chi connectivity index (χ3v) is 10.1. The van der Waals surface area contributed by atoms with Gasteiger partial charge in [-0.25, -0.2) is 0 Å². The van der Waals surface area contributed by atoms with E-state index in [4.69, 9.17) is 9.47 Å². The Hall–Kier alpha value is -4.14. The summed E-state index contributed by atoms with van der Waals surface area (Å²) in [6.45, 7) is 5.51. The molecule has 2 fully saturated rings. The molecule has 2 saturated heterocycles. The first kappa shape index (κ1) is 32.4. The van der Waals surface area contributed by atoms with Crippen molar-refractivity contribution in [3.63, 3.8) is 0 Å². The van der Waals surface area contributed by atoms with Gasteiger partial charge in [0.05, 0.1) is 36.5 Å². The zero-order valence-electron chi connectivity index (χ0n) is 27.6. The number of rotatable bonds is 8.